The van der Waals surface area contributed by atoms with Crippen molar-refractivity contribution in [2.24, 2.45) is 7.05 Å². The smallest absolute Gasteiger partial charge is 0.267 e. The number of hydrogen-bond acceptors (Lipinski definition) is 4. The molecule has 1 heterocycles. The summed E-state index contributed by atoms with van der Waals surface area (Å²) in [5.74, 6) is 0. The quantitative estimate of drug-likeness (QED) is 0.565. The third-order valence-electron chi connectivity index (χ3n) is 2.66. The second-order valence-electron chi connectivity index (χ2n) is 3.85. The molecule has 0 aliphatic rings. The third kappa shape index (κ3) is 2.34. The summed E-state index contributed by atoms with van der Waals surface area (Å²) in [6, 6.07) is 5.34. The Kier molecular flexibility index (Phi) is 3.91. The molecule has 20 heavy (non-hydrogen) atoms. The summed E-state index contributed by atoms with van der Waals surface area (Å²) in [6.45, 7) is 0. The molecule has 0 fully saturated rings. The first-order valence-corrected chi connectivity index (χ1v) is 6.85. The Morgan fingerprint density at radius 3 is 2.05 bits per heavy atom. The van der Waals surface area contributed by atoms with Gasteiger partial charge in [-0.1, -0.05) is 0 Å². The van der Waals surface area contributed by atoms with E-state index in [0.717, 1.165) is 9.36 Å². The summed E-state index contributed by atoms with van der Waals surface area (Å²) in [7, 11) is 1.43. The number of rotatable bonds is 2. The zero-order chi connectivity index (χ0) is 15.0. The minimum Gasteiger partial charge on any atom is -0.267 e. The van der Waals surface area contributed by atoms with Gasteiger partial charge in [0.1, 0.15) is 8.95 Å². The van der Waals surface area contributed by atoms with Gasteiger partial charge in [0.15, 0.2) is 0 Å². The van der Waals surface area contributed by atoms with Crippen molar-refractivity contribution in [2.75, 3.05) is 0 Å². The molecular formula is C11H7Br2N3O4. The van der Waals surface area contributed by atoms with Crippen molar-refractivity contribution in [2.45, 2.75) is 0 Å². The van der Waals surface area contributed by atoms with Crippen molar-refractivity contribution in [1.82, 2.24) is 9.36 Å². The molecule has 0 spiro atoms. The molecule has 0 atom stereocenters. The number of aromatic nitrogens is 2. The van der Waals surface area contributed by atoms with Crippen molar-refractivity contribution in [3.05, 3.63) is 64.0 Å². The normalized spacial score (nSPS) is 10.6. The SMILES string of the molecule is Cn1c(=O)c(Br)c(Br)c(=O)n1-c1ccc([N+](=O)[O-])cc1. The molecule has 0 N–H and O–H groups in total. The minimum atomic E-state index is -0.539. The van der Waals surface area contributed by atoms with E-state index < -0.39 is 16.0 Å². The summed E-state index contributed by atoms with van der Waals surface area (Å²) in [5, 5.41) is 10.6. The van der Waals surface area contributed by atoms with E-state index in [-0.39, 0.29) is 14.6 Å². The molecule has 0 saturated carbocycles. The lowest BCUT2D eigenvalue weighted by molar-refractivity contribution is -0.384. The maximum Gasteiger partial charge on any atom is 0.285 e. The van der Waals surface area contributed by atoms with Crippen LogP contribution in [0.25, 0.3) is 5.69 Å². The molecule has 0 bridgehead atoms. The zero-order valence-corrected chi connectivity index (χ0v) is 13.2. The van der Waals surface area contributed by atoms with Gasteiger partial charge in [-0.2, -0.15) is 0 Å². The number of hydrogen-bond donors (Lipinski definition) is 0. The fourth-order valence-corrected chi connectivity index (χ4v) is 2.42. The van der Waals surface area contributed by atoms with Gasteiger partial charge >= 0.3 is 0 Å². The molecular weight excluding hydrogens is 398 g/mol. The maximum atomic E-state index is 12.2. The van der Waals surface area contributed by atoms with Crippen LogP contribution in [0, 0.1) is 10.1 Å². The van der Waals surface area contributed by atoms with E-state index in [1.54, 1.807) is 0 Å². The number of nitro benzene ring substituents is 1. The van der Waals surface area contributed by atoms with Gasteiger partial charge in [-0.05, 0) is 44.0 Å². The van der Waals surface area contributed by atoms with Crippen molar-refractivity contribution in [3.8, 4) is 5.69 Å². The minimum absolute atomic E-state index is 0.0945. The van der Waals surface area contributed by atoms with E-state index in [2.05, 4.69) is 31.9 Å². The van der Waals surface area contributed by atoms with E-state index in [4.69, 9.17) is 0 Å². The number of benzene rings is 1. The lowest BCUT2D eigenvalue weighted by Gasteiger charge is -2.12. The molecule has 1 aromatic heterocycles. The van der Waals surface area contributed by atoms with Gasteiger partial charge < -0.3 is 0 Å². The summed E-state index contributed by atoms with van der Waals surface area (Å²) in [6.07, 6.45) is 0. The van der Waals surface area contributed by atoms with Crippen LogP contribution in [-0.2, 0) is 7.05 Å². The first kappa shape index (κ1) is 14.7. The molecule has 0 aliphatic carbocycles. The number of nitro groups is 1. The van der Waals surface area contributed by atoms with E-state index in [0.29, 0.717) is 5.69 Å². The molecule has 0 amide bonds. The van der Waals surface area contributed by atoms with Crippen molar-refractivity contribution >= 4 is 37.5 Å². The van der Waals surface area contributed by atoms with Crippen LogP contribution in [0.1, 0.15) is 0 Å². The van der Waals surface area contributed by atoms with E-state index in [1.165, 1.54) is 31.3 Å². The Balaban J connectivity index is 2.73. The zero-order valence-electron chi connectivity index (χ0n) is 10.0. The topological polar surface area (TPSA) is 87.1 Å². The van der Waals surface area contributed by atoms with Gasteiger partial charge in [0.25, 0.3) is 16.8 Å². The van der Waals surface area contributed by atoms with Crippen molar-refractivity contribution in [3.63, 3.8) is 0 Å². The highest BCUT2D eigenvalue weighted by Gasteiger charge is 2.15. The van der Waals surface area contributed by atoms with E-state index in [1.807, 2.05) is 0 Å². The van der Waals surface area contributed by atoms with Crippen molar-refractivity contribution in [1.29, 1.82) is 0 Å². The second-order valence-corrected chi connectivity index (χ2v) is 5.43. The summed E-state index contributed by atoms with van der Waals surface area (Å²) in [5.41, 5.74) is -0.598. The van der Waals surface area contributed by atoms with Crippen LogP contribution in [0.4, 0.5) is 5.69 Å². The average molecular weight is 405 g/mol. The second kappa shape index (κ2) is 5.33. The Labute approximate surface area is 128 Å². The highest BCUT2D eigenvalue weighted by Crippen LogP contribution is 2.17. The molecule has 7 nitrogen and oxygen atoms in total. The van der Waals surface area contributed by atoms with Crippen LogP contribution in [0.15, 0.2) is 42.8 Å². The van der Waals surface area contributed by atoms with Crippen LogP contribution in [0.5, 0.6) is 0 Å². The lowest BCUT2D eigenvalue weighted by Crippen LogP contribution is -2.36. The van der Waals surface area contributed by atoms with Gasteiger partial charge in [0.2, 0.25) is 0 Å². The standard InChI is InChI=1S/C11H7Br2N3O4/c1-14-10(17)8(12)9(13)11(18)15(14)6-2-4-7(5-3-6)16(19)20/h2-5H,1H3. The predicted octanol–water partition coefficient (Wildman–Crippen LogP) is 1.97. The Hall–Kier alpha value is -1.74. The predicted molar refractivity (Wildman–Crippen MR) is 79.3 cm³/mol. The van der Waals surface area contributed by atoms with Gasteiger partial charge in [0, 0.05) is 19.2 Å². The van der Waals surface area contributed by atoms with Crippen LogP contribution in [0.2, 0.25) is 0 Å². The molecule has 0 radical (unpaired) electrons. The van der Waals surface area contributed by atoms with Crippen LogP contribution in [-0.4, -0.2) is 14.3 Å². The lowest BCUT2D eigenvalue weighted by atomic mass is 10.3. The molecule has 0 aliphatic heterocycles. The van der Waals surface area contributed by atoms with Gasteiger partial charge in [-0.25, -0.2) is 9.36 Å². The van der Waals surface area contributed by atoms with Gasteiger partial charge in [-0.15, -0.1) is 0 Å². The highest BCUT2D eigenvalue weighted by atomic mass is 79.9. The highest BCUT2D eigenvalue weighted by molar-refractivity contribution is 9.13. The average Bonchev–Trinajstić information content (AvgIpc) is 2.44. The first-order valence-electron chi connectivity index (χ1n) is 5.26. The van der Waals surface area contributed by atoms with Gasteiger partial charge in [-0.3, -0.25) is 19.7 Å². The maximum absolute atomic E-state index is 12.2. The first-order chi connectivity index (χ1) is 9.34. The number of non-ortho nitro benzene ring substituents is 1. The van der Waals surface area contributed by atoms with E-state index in [9.17, 15) is 19.7 Å². The van der Waals surface area contributed by atoms with Crippen LogP contribution in [0.3, 0.4) is 0 Å². The Bertz CT molecular complexity index is 808. The molecule has 104 valence electrons. The number of nitrogens with zero attached hydrogens (tertiary/aromatic N) is 3. The third-order valence-corrected chi connectivity index (χ3v) is 4.66. The monoisotopic (exact) mass is 403 g/mol. The summed E-state index contributed by atoms with van der Waals surface area (Å²) < 4.78 is 2.47. The Morgan fingerprint density at radius 2 is 1.55 bits per heavy atom. The Morgan fingerprint density at radius 1 is 1.05 bits per heavy atom. The van der Waals surface area contributed by atoms with Crippen LogP contribution < -0.4 is 11.1 Å². The summed E-state index contributed by atoms with van der Waals surface area (Å²) >= 11 is 6.08. The molecule has 0 saturated heterocycles. The van der Waals surface area contributed by atoms with Crippen molar-refractivity contribution < 1.29 is 4.92 Å². The summed E-state index contributed by atoms with van der Waals surface area (Å²) in [4.78, 5) is 34.2. The molecule has 2 rings (SSSR count). The van der Waals surface area contributed by atoms with E-state index >= 15 is 0 Å². The fraction of sp³-hybridized carbons (Fsp3) is 0.0909. The molecule has 9 heteroatoms. The van der Waals surface area contributed by atoms with Crippen LogP contribution >= 0.6 is 31.9 Å². The molecule has 1 aromatic carbocycles. The molecule has 0 unspecified atom stereocenters. The number of halogens is 2. The largest absolute Gasteiger partial charge is 0.285 e. The fourth-order valence-electron chi connectivity index (χ4n) is 1.66. The molecule has 2 aromatic rings. The van der Waals surface area contributed by atoms with Gasteiger partial charge in [0.05, 0.1) is 10.6 Å².